The quantitative estimate of drug-likeness (QED) is 0.274. The Bertz CT molecular complexity index is 249. The molecule has 7 N–H and O–H groups in total. The number of nitrogens with two attached hydrogens (primary N) is 1. The zero-order valence-electron chi connectivity index (χ0n) is 10.8. The second-order valence-corrected chi connectivity index (χ2v) is 3.95. The molecule has 8 heteroatoms. The highest BCUT2D eigenvalue weighted by atomic mass is 16.4. The number of aldehydes is 1. The molecule has 0 saturated heterocycles. The van der Waals surface area contributed by atoms with Gasteiger partial charge in [0.15, 0.2) is 6.29 Å². The number of aliphatic hydroxyl groups is 4. The third-order valence-electron chi connectivity index (χ3n) is 2.26. The van der Waals surface area contributed by atoms with Gasteiger partial charge in [0.2, 0.25) is 0 Å². The fraction of sp³-hybridized carbons (Fsp3) is 0.818. The summed E-state index contributed by atoms with van der Waals surface area (Å²) in [4.78, 5) is 19.8. The Labute approximate surface area is 111 Å². The molecular weight excluding hydrogens is 258 g/mol. The van der Waals surface area contributed by atoms with Crippen molar-refractivity contribution in [2.75, 3.05) is 6.61 Å². The average molecular weight is 281 g/mol. The molecule has 0 spiro atoms. The van der Waals surface area contributed by atoms with E-state index in [9.17, 15) is 9.59 Å². The normalized spacial score (nSPS) is 16.5. The van der Waals surface area contributed by atoms with Gasteiger partial charge in [0.25, 0.3) is 0 Å². The summed E-state index contributed by atoms with van der Waals surface area (Å²) in [7, 11) is 0. The molecule has 0 aliphatic rings. The van der Waals surface area contributed by atoms with E-state index >= 15 is 0 Å². The summed E-state index contributed by atoms with van der Waals surface area (Å²) in [6, 6.07) is -0.662. The molecule has 0 aromatic rings. The summed E-state index contributed by atoms with van der Waals surface area (Å²) < 4.78 is 0. The lowest BCUT2D eigenvalue weighted by atomic mass is 10.1. The minimum absolute atomic E-state index is 0.0869. The Morgan fingerprint density at radius 3 is 2.16 bits per heavy atom. The number of unbranched alkanes of at least 4 members (excludes halogenated alkanes) is 1. The van der Waals surface area contributed by atoms with Gasteiger partial charge in [-0.15, -0.1) is 0 Å². The molecule has 0 aliphatic heterocycles. The molecule has 0 aromatic carbocycles. The van der Waals surface area contributed by atoms with Crippen LogP contribution in [-0.4, -0.2) is 68.7 Å². The van der Waals surface area contributed by atoms with Gasteiger partial charge in [-0.25, -0.2) is 0 Å². The van der Waals surface area contributed by atoms with Crippen LogP contribution >= 0.6 is 0 Å². The zero-order chi connectivity index (χ0) is 15.4. The number of carboxylic acids is 1. The summed E-state index contributed by atoms with van der Waals surface area (Å²) in [5.74, 6) is -0.900. The Balaban J connectivity index is 0. The Kier molecular flexibility index (Phi) is 12.8. The van der Waals surface area contributed by atoms with Crippen LogP contribution in [0.5, 0.6) is 0 Å². The monoisotopic (exact) mass is 281 g/mol. The first kappa shape index (κ1) is 20.3. The zero-order valence-corrected chi connectivity index (χ0v) is 10.8. The van der Waals surface area contributed by atoms with Gasteiger partial charge in [0, 0.05) is 0 Å². The first-order chi connectivity index (χ1) is 8.81. The van der Waals surface area contributed by atoms with Gasteiger partial charge in [0.1, 0.15) is 24.4 Å². The van der Waals surface area contributed by atoms with Crippen molar-refractivity contribution in [3.05, 3.63) is 0 Å². The second kappa shape index (κ2) is 12.0. The van der Waals surface area contributed by atoms with Gasteiger partial charge in [-0.3, -0.25) is 4.79 Å². The molecule has 1 unspecified atom stereocenters. The van der Waals surface area contributed by atoms with Crippen molar-refractivity contribution in [3.63, 3.8) is 0 Å². The number of rotatable bonds is 8. The minimum atomic E-state index is -1.64. The lowest BCUT2D eigenvalue weighted by Gasteiger charge is -2.16. The molecule has 0 radical (unpaired) electrons. The lowest BCUT2D eigenvalue weighted by Crippen LogP contribution is -2.40. The molecule has 0 rings (SSSR count). The van der Waals surface area contributed by atoms with E-state index in [-0.39, 0.29) is 6.29 Å². The van der Waals surface area contributed by atoms with Crippen LogP contribution in [0.3, 0.4) is 0 Å². The van der Waals surface area contributed by atoms with Crippen molar-refractivity contribution in [2.45, 2.75) is 50.5 Å². The van der Waals surface area contributed by atoms with E-state index in [4.69, 9.17) is 31.3 Å². The number of aliphatic hydroxyl groups excluding tert-OH is 4. The Morgan fingerprint density at radius 2 is 1.84 bits per heavy atom. The van der Waals surface area contributed by atoms with Crippen molar-refractivity contribution in [1.82, 2.24) is 0 Å². The van der Waals surface area contributed by atoms with E-state index in [1.165, 1.54) is 0 Å². The maximum atomic E-state index is 10.1. The van der Waals surface area contributed by atoms with Crippen LogP contribution in [0.1, 0.15) is 26.2 Å². The highest BCUT2D eigenvalue weighted by molar-refractivity contribution is 5.72. The van der Waals surface area contributed by atoms with Crippen molar-refractivity contribution >= 4 is 12.3 Å². The van der Waals surface area contributed by atoms with E-state index in [2.05, 4.69) is 0 Å². The molecule has 0 saturated carbocycles. The first-order valence-electron chi connectivity index (χ1n) is 5.90. The number of hydrogen-bond acceptors (Lipinski definition) is 7. The predicted octanol–water partition coefficient (Wildman–Crippen LogP) is -2.15. The molecule has 0 heterocycles. The number of carbonyl (C=O) groups is 2. The van der Waals surface area contributed by atoms with E-state index in [0.29, 0.717) is 6.42 Å². The summed E-state index contributed by atoms with van der Waals surface area (Å²) >= 11 is 0. The minimum Gasteiger partial charge on any atom is -0.480 e. The van der Waals surface area contributed by atoms with E-state index < -0.39 is 36.9 Å². The van der Waals surface area contributed by atoms with E-state index in [0.717, 1.165) is 12.8 Å². The lowest BCUT2D eigenvalue weighted by molar-refractivity contribution is -0.138. The van der Waals surface area contributed by atoms with Crippen LogP contribution in [0.4, 0.5) is 0 Å². The molecular formula is C11H23NO7. The third-order valence-corrected chi connectivity index (χ3v) is 2.26. The smallest absolute Gasteiger partial charge is 0.320 e. The van der Waals surface area contributed by atoms with Crippen LogP contribution < -0.4 is 5.73 Å². The summed E-state index contributed by atoms with van der Waals surface area (Å²) in [6.07, 6.45) is -2.14. The van der Waals surface area contributed by atoms with Gasteiger partial charge < -0.3 is 36.1 Å². The predicted molar refractivity (Wildman–Crippen MR) is 66.3 cm³/mol. The molecule has 4 atom stereocenters. The fourth-order valence-electron chi connectivity index (χ4n) is 0.964. The molecule has 8 nitrogen and oxygen atoms in total. The molecule has 19 heavy (non-hydrogen) atoms. The maximum Gasteiger partial charge on any atom is 0.320 e. The maximum absolute atomic E-state index is 10.1. The summed E-state index contributed by atoms with van der Waals surface area (Å²) in [5, 5.41) is 42.3. The van der Waals surface area contributed by atoms with Crippen LogP contribution in [0.2, 0.25) is 0 Å². The Morgan fingerprint density at radius 1 is 1.32 bits per heavy atom. The summed E-state index contributed by atoms with van der Waals surface area (Å²) in [6.45, 7) is 1.32. The molecule has 114 valence electrons. The number of carbonyl (C=O) groups excluding carboxylic acids is 1. The number of hydrogen-bond donors (Lipinski definition) is 6. The van der Waals surface area contributed by atoms with Crippen LogP contribution in [0, 0.1) is 0 Å². The molecule has 0 amide bonds. The molecule has 0 bridgehead atoms. The van der Waals surface area contributed by atoms with Crippen molar-refractivity contribution in [2.24, 2.45) is 5.73 Å². The third kappa shape index (κ3) is 10.5. The highest BCUT2D eigenvalue weighted by Crippen LogP contribution is 1.97. The highest BCUT2D eigenvalue weighted by Gasteiger charge is 2.22. The van der Waals surface area contributed by atoms with Crippen LogP contribution in [-0.2, 0) is 9.59 Å². The molecule has 0 aliphatic carbocycles. The number of aliphatic carboxylic acids is 1. The number of carboxylic acid groups (broad SMARTS) is 1. The van der Waals surface area contributed by atoms with Gasteiger partial charge >= 0.3 is 5.97 Å². The first-order valence-corrected chi connectivity index (χ1v) is 5.90. The standard InChI is InChI=1S/C6H13NO2.C5H10O5/c1-2-3-4-5(7)6(8)9;6-1-3(8)5(10)4(9)2-7/h5H,2-4,7H2,1H3,(H,8,9);1,3-5,7-10H,2H2/t;3-,4+,5+/m.0/s1. The van der Waals surface area contributed by atoms with Gasteiger partial charge in [-0.05, 0) is 6.42 Å². The van der Waals surface area contributed by atoms with E-state index in [1.807, 2.05) is 6.92 Å². The van der Waals surface area contributed by atoms with Crippen LogP contribution in [0.25, 0.3) is 0 Å². The SMILES string of the molecule is CCCCC(N)C(=O)O.O=C[C@H](O)[C@@H](O)[C@H](O)CO. The van der Waals surface area contributed by atoms with E-state index in [1.54, 1.807) is 0 Å². The molecule has 0 fully saturated rings. The largest absolute Gasteiger partial charge is 0.480 e. The average Bonchev–Trinajstić information content (AvgIpc) is 2.42. The van der Waals surface area contributed by atoms with Gasteiger partial charge in [-0.2, -0.15) is 0 Å². The van der Waals surface area contributed by atoms with Crippen molar-refractivity contribution in [3.8, 4) is 0 Å². The molecule has 0 aromatic heterocycles. The van der Waals surface area contributed by atoms with Crippen molar-refractivity contribution in [1.29, 1.82) is 0 Å². The Hall–Kier alpha value is -1.06. The second-order valence-electron chi connectivity index (χ2n) is 3.95. The van der Waals surface area contributed by atoms with Crippen LogP contribution in [0.15, 0.2) is 0 Å². The topological polar surface area (TPSA) is 161 Å². The van der Waals surface area contributed by atoms with Gasteiger partial charge in [0.05, 0.1) is 6.61 Å². The fourth-order valence-corrected chi connectivity index (χ4v) is 0.964. The van der Waals surface area contributed by atoms with Crippen molar-refractivity contribution < 1.29 is 35.1 Å². The summed E-state index contributed by atoms with van der Waals surface area (Å²) in [5.41, 5.74) is 5.20. The van der Waals surface area contributed by atoms with Gasteiger partial charge in [-0.1, -0.05) is 19.8 Å².